The fourth-order valence-corrected chi connectivity index (χ4v) is 2.31. The van der Waals surface area contributed by atoms with Gasteiger partial charge in [-0.2, -0.15) is 0 Å². The number of nitrogens with zero attached hydrogens (tertiary/aromatic N) is 3. The second-order valence-electron chi connectivity index (χ2n) is 4.56. The molecule has 2 heterocycles. The average Bonchev–Trinajstić information content (AvgIpc) is 2.59. The first kappa shape index (κ1) is 12.8. The molecular weight excluding hydrogens is 274 g/mol. The Balaban J connectivity index is 2.15. The smallest absolute Gasteiger partial charge is 0.232 e. The Morgan fingerprint density at radius 2 is 2.15 bits per heavy atom. The molecule has 4 nitrogen and oxygen atoms in total. The lowest BCUT2D eigenvalue weighted by atomic mass is 10.1. The first-order chi connectivity index (χ1) is 9.65. The third-order valence-corrected chi connectivity index (χ3v) is 3.48. The number of aromatic nitrogens is 1. The van der Waals surface area contributed by atoms with Crippen LogP contribution in [0.4, 0.5) is 11.4 Å². The van der Waals surface area contributed by atoms with E-state index in [0.29, 0.717) is 5.02 Å². The lowest BCUT2D eigenvalue weighted by Crippen LogP contribution is -2.27. The molecule has 5 heteroatoms. The van der Waals surface area contributed by atoms with Crippen LogP contribution >= 0.6 is 11.6 Å². The molecule has 0 radical (unpaired) electrons. The lowest BCUT2D eigenvalue weighted by molar-refractivity contribution is -0.117. The molecule has 0 bridgehead atoms. The zero-order valence-corrected chi connectivity index (χ0v) is 11.6. The van der Waals surface area contributed by atoms with Crippen molar-refractivity contribution in [1.82, 2.24) is 4.98 Å². The summed E-state index contributed by atoms with van der Waals surface area (Å²) >= 11 is 6.00. The third-order valence-electron chi connectivity index (χ3n) is 3.24. The number of aliphatic imine (C=N–C) groups is 1. The highest BCUT2D eigenvalue weighted by atomic mass is 35.5. The molecule has 0 saturated heterocycles. The van der Waals surface area contributed by atoms with Crippen molar-refractivity contribution in [2.24, 2.45) is 4.99 Å². The third kappa shape index (κ3) is 2.30. The van der Waals surface area contributed by atoms with Gasteiger partial charge in [-0.1, -0.05) is 17.7 Å². The van der Waals surface area contributed by atoms with Crippen LogP contribution in [0, 0.1) is 0 Å². The highest BCUT2D eigenvalue weighted by Gasteiger charge is 2.22. The summed E-state index contributed by atoms with van der Waals surface area (Å²) in [6, 6.07) is 9.09. The molecule has 1 aliphatic rings. The number of carbonyl (C=O) groups is 1. The number of benzene rings is 1. The van der Waals surface area contributed by atoms with E-state index < -0.39 is 0 Å². The summed E-state index contributed by atoms with van der Waals surface area (Å²) < 4.78 is 0. The number of halogens is 1. The van der Waals surface area contributed by atoms with Crippen molar-refractivity contribution in [2.45, 2.75) is 6.42 Å². The molecule has 0 unspecified atom stereocenters. The van der Waals surface area contributed by atoms with Crippen LogP contribution in [0.15, 0.2) is 47.7 Å². The lowest BCUT2D eigenvalue weighted by Gasteiger charge is -2.16. The Bertz CT molecular complexity index is 698. The standard InChI is InChI=1S/C15H12ClN3O/c1-19-14-7-11(16)4-5-12(14)18-13(8-15(19)20)10-3-2-6-17-9-10/h2-7,9H,8H2,1H3. The Labute approximate surface area is 121 Å². The maximum absolute atomic E-state index is 12.3. The molecule has 0 spiro atoms. The Kier molecular flexibility index (Phi) is 3.24. The monoisotopic (exact) mass is 285 g/mol. The van der Waals surface area contributed by atoms with Crippen molar-refractivity contribution in [3.05, 3.63) is 53.3 Å². The summed E-state index contributed by atoms with van der Waals surface area (Å²) in [5.74, 6) is -0.0198. The van der Waals surface area contributed by atoms with E-state index in [-0.39, 0.29) is 12.3 Å². The molecule has 0 saturated carbocycles. The molecule has 0 atom stereocenters. The van der Waals surface area contributed by atoms with Gasteiger partial charge in [0.15, 0.2) is 0 Å². The van der Waals surface area contributed by atoms with Gasteiger partial charge in [0.2, 0.25) is 5.91 Å². The summed E-state index contributed by atoms with van der Waals surface area (Å²) in [5, 5.41) is 0.587. The quantitative estimate of drug-likeness (QED) is 0.807. The molecule has 2 aromatic rings. The van der Waals surface area contributed by atoms with Crippen molar-refractivity contribution in [1.29, 1.82) is 0 Å². The Morgan fingerprint density at radius 1 is 1.30 bits per heavy atom. The van der Waals surface area contributed by atoms with Crippen LogP contribution in [0.5, 0.6) is 0 Å². The van der Waals surface area contributed by atoms with Crippen LogP contribution in [0.2, 0.25) is 5.02 Å². The Hall–Kier alpha value is -2.20. The van der Waals surface area contributed by atoms with Crippen LogP contribution in [-0.2, 0) is 4.79 Å². The number of carbonyl (C=O) groups excluding carboxylic acids is 1. The molecule has 0 N–H and O–H groups in total. The van der Waals surface area contributed by atoms with Gasteiger partial charge in [0.1, 0.15) is 0 Å². The first-order valence-electron chi connectivity index (χ1n) is 6.19. The molecule has 0 fully saturated rings. The molecule has 0 aliphatic carbocycles. The van der Waals surface area contributed by atoms with E-state index in [1.165, 1.54) is 0 Å². The number of anilines is 1. The van der Waals surface area contributed by atoms with E-state index in [9.17, 15) is 4.79 Å². The van der Waals surface area contributed by atoms with E-state index >= 15 is 0 Å². The number of hydrogen-bond donors (Lipinski definition) is 0. The number of amides is 1. The van der Waals surface area contributed by atoms with Gasteiger partial charge in [0.25, 0.3) is 0 Å². The van der Waals surface area contributed by atoms with Gasteiger partial charge in [-0.25, -0.2) is 0 Å². The predicted molar refractivity (Wildman–Crippen MR) is 79.9 cm³/mol. The minimum Gasteiger partial charge on any atom is -0.313 e. The van der Waals surface area contributed by atoms with Crippen molar-refractivity contribution in [3.8, 4) is 0 Å². The molecular formula is C15H12ClN3O. The van der Waals surface area contributed by atoms with Crippen LogP contribution < -0.4 is 4.90 Å². The number of pyridine rings is 1. The van der Waals surface area contributed by atoms with Crippen LogP contribution in [0.3, 0.4) is 0 Å². The number of rotatable bonds is 1. The Morgan fingerprint density at radius 3 is 2.90 bits per heavy atom. The molecule has 1 amide bonds. The van der Waals surface area contributed by atoms with Crippen LogP contribution in [0.1, 0.15) is 12.0 Å². The van der Waals surface area contributed by atoms with Crippen LogP contribution in [-0.4, -0.2) is 23.7 Å². The SMILES string of the molecule is CN1C(=O)CC(c2cccnc2)=Nc2ccc(Cl)cc21. The van der Waals surface area contributed by atoms with E-state index in [1.807, 2.05) is 18.2 Å². The van der Waals surface area contributed by atoms with E-state index in [1.54, 1.807) is 36.5 Å². The molecule has 100 valence electrons. The van der Waals surface area contributed by atoms with Crippen molar-refractivity contribution >= 4 is 34.6 Å². The maximum atomic E-state index is 12.3. The maximum Gasteiger partial charge on any atom is 0.232 e. The molecule has 1 aromatic carbocycles. The van der Waals surface area contributed by atoms with Gasteiger partial charge in [-0.05, 0) is 24.3 Å². The molecule has 20 heavy (non-hydrogen) atoms. The number of hydrogen-bond acceptors (Lipinski definition) is 3. The van der Waals surface area contributed by atoms with Crippen LogP contribution in [0.25, 0.3) is 0 Å². The van der Waals surface area contributed by atoms with E-state index in [4.69, 9.17) is 11.6 Å². The predicted octanol–water partition coefficient (Wildman–Crippen LogP) is 3.22. The normalized spacial score (nSPS) is 14.6. The van der Waals surface area contributed by atoms with Gasteiger partial charge >= 0.3 is 0 Å². The minimum absolute atomic E-state index is 0.0198. The first-order valence-corrected chi connectivity index (χ1v) is 6.57. The second kappa shape index (κ2) is 5.06. The fraction of sp³-hybridized carbons (Fsp3) is 0.133. The topological polar surface area (TPSA) is 45.6 Å². The van der Waals surface area contributed by atoms with E-state index in [2.05, 4.69) is 9.98 Å². The average molecular weight is 286 g/mol. The minimum atomic E-state index is -0.0198. The highest BCUT2D eigenvalue weighted by Crippen LogP contribution is 2.34. The summed E-state index contributed by atoms with van der Waals surface area (Å²) in [4.78, 5) is 22.5. The van der Waals surface area contributed by atoms with Gasteiger partial charge in [0, 0.05) is 30.0 Å². The summed E-state index contributed by atoms with van der Waals surface area (Å²) in [7, 11) is 1.74. The molecule has 3 rings (SSSR count). The fourth-order valence-electron chi connectivity index (χ4n) is 2.14. The van der Waals surface area contributed by atoms with Crippen molar-refractivity contribution < 1.29 is 4.79 Å². The van der Waals surface area contributed by atoms with Gasteiger partial charge in [-0.15, -0.1) is 0 Å². The summed E-state index contributed by atoms with van der Waals surface area (Å²) in [6.07, 6.45) is 3.66. The van der Waals surface area contributed by atoms with E-state index in [0.717, 1.165) is 22.6 Å². The zero-order chi connectivity index (χ0) is 14.1. The molecule has 1 aliphatic heterocycles. The van der Waals surface area contributed by atoms with Gasteiger partial charge in [-0.3, -0.25) is 14.8 Å². The summed E-state index contributed by atoms with van der Waals surface area (Å²) in [6.45, 7) is 0. The highest BCUT2D eigenvalue weighted by molar-refractivity contribution is 6.31. The van der Waals surface area contributed by atoms with Gasteiger partial charge in [0.05, 0.1) is 23.5 Å². The van der Waals surface area contributed by atoms with Gasteiger partial charge < -0.3 is 4.90 Å². The zero-order valence-electron chi connectivity index (χ0n) is 10.9. The van der Waals surface area contributed by atoms with Crippen molar-refractivity contribution in [3.63, 3.8) is 0 Å². The molecule has 1 aromatic heterocycles. The number of fused-ring (bicyclic) bond motifs is 1. The largest absolute Gasteiger partial charge is 0.313 e. The summed E-state index contributed by atoms with van der Waals surface area (Å²) in [5.41, 5.74) is 3.04. The second-order valence-corrected chi connectivity index (χ2v) is 5.00. The van der Waals surface area contributed by atoms with Crippen molar-refractivity contribution in [2.75, 3.05) is 11.9 Å².